The Bertz CT molecular complexity index is 2980. The third-order valence-electron chi connectivity index (χ3n) is 12.6. The van der Waals surface area contributed by atoms with Crippen LogP contribution in [0.5, 0.6) is 11.5 Å². The molecule has 2 aliphatic heterocycles. The van der Waals surface area contributed by atoms with Crippen molar-refractivity contribution in [1.82, 2.24) is 15.0 Å². The molecule has 2 aliphatic carbocycles. The van der Waals surface area contributed by atoms with E-state index in [4.69, 9.17) is 19.7 Å². The van der Waals surface area contributed by atoms with E-state index in [2.05, 4.69) is 182 Å². The van der Waals surface area contributed by atoms with Crippen molar-refractivity contribution in [2.45, 2.75) is 23.8 Å². The second-order valence-electron chi connectivity index (χ2n) is 15.7. The Kier molecular flexibility index (Phi) is 6.97. The van der Waals surface area contributed by atoms with Gasteiger partial charge in [-0.1, -0.05) is 152 Å². The monoisotopic (exact) mass is 744 g/mol. The lowest BCUT2D eigenvalue weighted by Crippen LogP contribution is -2.41. The highest BCUT2D eigenvalue weighted by Crippen LogP contribution is 2.63. The zero-order chi connectivity index (χ0) is 38.4. The van der Waals surface area contributed by atoms with Crippen LogP contribution in [0.15, 0.2) is 194 Å². The first-order valence-corrected chi connectivity index (χ1v) is 19.9. The summed E-state index contributed by atoms with van der Waals surface area (Å²) in [4.78, 5) is 18.1. The van der Waals surface area contributed by atoms with Gasteiger partial charge >= 0.3 is 0 Å². The van der Waals surface area contributed by atoms with Crippen molar-refractivity contribution in [3.63, 3.8) is 0 Å². The predicted molar refractivity (Wildman–Crippen MR) is 232 cm³/mol. The van der Waals surface area contributed by atoms with Crippen LogP contribution in [-0.4, -0.2) is 20.5 Å². The van der Waals surface area contributed by atoms with Gasteiger partial charge < -0.3 is 9.64 Å². The Labute approximate surface area is 337 Å². The number of para-hydroxylation sites is 3. The van der Waals surface area contributed by atoms with Gasteiger partial charge in [-0.05, 0) is 77.2 Å². The van der Waals surface area contributed by atoms with E-state index in [1.807, 2.05) is 24.3 Å². The van der Waals surface area contributed by atoms with Crippen LogP contribution in [0.2, 0.25) is 0 Å². The van der Waals surface area contributed by atoms with Gasteiger partial charge in [0.2, 0.25) is 0 Å². The molecule has 5 nitrogen and oxygen atoms in total. The van der Waals surface area contributed by atoms with E-state index < -0.39 is 5.41 Å². The number of aromatic nitrogens is 3. The summed E-state index contributed by atoms with van der Waals surface area (Å²) in [6.45, 7) is 2.32. The molecule has 2 atom stereocenters. The number of allylic oxidation sites excluding steroid dienone is 2. The Balaban J connectivity index is 1.04. The van der Waals surface area contributed by atoms with Crippen LogP contribution in [0.3, 0.4) is 0 Å². The molecule has 5 heteroatoms. The van der Waals surface area contributed by atoms with Crippen LogP contribution in [0.25, 0.3) is 45.3 Å². The molecule has 3 heterocycles. The van der Waals surface area contributed by atoms with Gasteiger partial charge in [-0.25, -0.2) is 15.0 Å². The molecule has 1 aromatic heterocycles. The van der Waals surface area contributed by atoms with Crippen molar-refractivity contribution < 1.29 is 4.74 Å². The fraction of sp³-hybridized carbons (Fsp3) is 0.0755. The van der Waals surface area contributed by atoms with E-state index in [0.717, 1.165) is 45.0 Å². The van der Waals surface area contributed by atoms with Gasteiger partial charge in [-0.3, -0.25) is 0 Å². The molecule has 2 unspecified atom stereocenters. The van der Waals surface area contributed by atoms with Gasteiger partial charge in [-0.15, -0.1) is 0 Å². The molecule has 58 heavy (non-hydrogen) atoms. The second kappa shape index (κ2) is 12.3. The van der Waals surface area contributed by atoms with Crippen LogP contribution < -0.4 is 9.64 Å². The number of anilines is 2. The maximum absolute atomic E-state index is 7.01. The van der Waals surface area contributed by atoms with E-state index in [-0.39, 0.29) is 11.5 Å². The van der Waals surface area contributed by atoms with Gasteiger partial charge in [0.05, 0.1) is 16.5 Å². The summed E-state index contributed by atoms with van der Waals surface area (Å²) in [6, 6.07) is 60.0. The normalized spacial score (nSPS) is 18.4. The van der Waals surface area contributed by atoms with Crippen molar-refractivity contribution in [2.75, 3.05) is 4.90 Å². The Morgan fingerprint density at radius 3 is 1.84 bits per heavy atom. The number of fused-ring (bicyclic) bond motifs is 12. The molecule has 0 amide bonds. The molecule has 0 saturated carbocycles. The third-order valence-corrected chi connectivity index (χ3v) is 12.6. The lowest BCUT2D eigenvalue weighted by Gasteiger charge is -2.39. The highest BCUT2D eigenvalue weighted by atomic mass is 16.5. The van der Waals surface area contributed by atoms with Crippen LogP contribution >= 0.6 is 0 Å². The Morgan fingerprint density at radius 1 is 0.500 bits per heavy atom. The molecule has 0 N–H and O–H groups in total. The first-order valence-electron chi connectivity index (χ1n) is 19.9. The summed E-state index contributed by atoms with van der Waals surface area (Å²) >= 11 is 0. The first-order chi connectivity index (χ1) is 28.6. The largest absolute Gasteiger partial charge is 0.456 e. The molecule has 12 rings (SSSR count). The number of nitrogens with zero attached hydrogens (tertiary/aromatic N) is 4. The summed E-state index contributed by atoms with van der Waals surface area (Å²) < 4.78 is 7.01. The Hall–Kier alpha value is -7.37. The topological polar surface area (TPSA) is 51.1 Å². The highest BCUT2D eigenvalue weighted by Gasteiger charge is 2.51. The standard InChI is InChI=1S/C53H36N4O/c1-52-33-14-13-22-41(52)39-20-7-11-27-46(39)57(52)36-31-29-35(30-32-36)50-54-49(34-16-3-2-4-17-34)55-51(56-50)40-21-15-26-45-48(40)58-47-28-12-10-25-44(47)53(45)42-23-8-5-18-37(42)38-19-6-9-24-43(38)53/h2-33,41H,1H3. The minimum atomic E-state index is -0.589. The quantitative estimate of drug-likeness (QED) is 0.180. The molecule has 0 radical (unpaired) electrons. The van der Waals surface area contributed by atoms with Gasteiger partial charge in [0, 0.05) is 39.5 Å². The van der Waals surface area contributed by atoms with Crippen LogP contribution in [0.1, 0.15) is 40.7 Å². The van der Waals surface area contributed by atoms with Gasteiger partial charge in [0.15, 0.2) is 17.5 Å². The maximum atomic E-state index is 7.01. The molecule has 4 aliphatic rings. The summed E-state index contributed by atoms with van der Waals surface area (Å²) in [6.07, 6.45) is 8.97. The van der Waals surface area contributed by atoms with Crippen molar-refractivity contribution >= 4 is 11.4 Å². The van der Waals surface area contributed by atoms with E-state index in [1.54, 1.807) is 0 Å². The van der Waals surface area contributed by atoms with Crippen molar-refractivity contribution in [3.05, 3.63) is 222 Å². The molecule has 8 aromatic rings. The molecular weight excluding hydrogens is 709 g/mol. The summed E-state index contributed by atoms with van der Waals surface area (Å²) in [5.41, 5.74) is 12.7. The minimum Gasteiger partial charge on any atom is -0.456 e. The molecule has 274 valence electrons. The van der Waals surface area contributed by atoms with E-state index in [1.165, 1.54) is 33.5 Å². The molecular formula is C53H36N4O. The Morgan fingerprint density at radius 2 is 1.09 bits per heavy atom. The number of hydrogen-bond acceptors (Lipinski definition) is 5. The zero-order valence-corrected chi connectivity index (χ0v) is 31.7. The fourth-order valence-electron chi connectivity index (χ4n) is 10.1. The predicted octanol–water partition coefficient (Wildman–Crippen LogP) is 12.5. The van der Waals surface area contributed by atoms with Crippen molar-refractivity contribution in [3.8, 4) is 56.8 Å². The molecule has 1 spiro atoms. The zero-order valence-electron chi connectivity index (χ0n) is 31.7. The highest BCUT2D eigenvalue weighted by molar-refractivity contribution is 5.90. The van der Waals surface area contributed by atoms with Crippen molar-refractivity contribution in [2.24, 2.45) is 0 Å². The van der Waals surface area contributed by atoms with Crippen LogP contribution in [-0.2, 0) is 5.41 Å². The van der Waals surface area contributed by atoms with E-state index >= 15 is 0 Å². The van der Waals surface area contributed by atoms with Gasteiger partial charge in [-0.2, -0.15) is 0 Å². The molecule has 0 fully saturated rings. The lowest BCUT2D eigenvalue weighted by molar-refractivity contribution is 0.437. The number of hydrogen-bond donors (Lipinski definition) is 0. The molecule has 7 aromatic carbocycles. The first kappa shape index (κ1) is 32.8. The maximum Gasteiger partial charge on any atom is 0.167 e. The second-order valence-corrected chi connectivity index (χ2v) is 15.7. The van der Waals surface area contributed by atoms with E-state index in [0.29, 0.717) is 17.5 Å². The smallest absolute Gasteiger partial charge is 0.167 e. The minimum absolute atomic E-state index is 0.219. The van der Waals surface area contributed by atoms with Gasteiger partial charge in [0.25, 0.3) is 0 Å². The average Bonchev–Trinajstić information content (AvgIpc) is 3.73. The van der Waals surface area contributed by atoms with E-state index in [9.17, 15) is 0 Å². The number of benzene rings is 7. The SMILES string of the molecule is CC12C=CC=CC1c1ccccc1N2c1ccc(-c2nc(-c3ccccc3)nc(-c3cccc4c3Oc3ccccc3C43c4ccccc4-c4ccccc43)n2)cc1. The van der Waals surface area contributed by atoms with Crippen LogP contribution in [0.4, 0.5) is 11.4 Å². The molecule has 0 bridgehead atoms. The summed E-state index contributed by atoms with van der Waals surface area (Å²) in [5.74, 6) is 3.61. The molecule has 0 saturated heterocycles. The fourth-order valence-corrected chi connectivity index (χ4v) is 10.1. The van der Waals surface area contributed by atoms with Crippen molar-refractivity contribution in [1.29, 1.82) is 0 Å². The average molecular weight is 745 g/mol. The summed E-state index contributed by atoms with van der Waals surface area (Å²) in [7, 11) is 0. The van der Waals surface area contributed by atoms with Gasteiger partial charge in [0.1, 0.15) is 11.5 Å². The number of rotatable bonds is 4. The lowest BCUT2D eigenvalue weighted by atomic mass is 9.66. The third kappa shape index (κ3) is 4.50. The van der Waals surface area contributed by atoms with Crippen LogP contribution in [0, 0.1) is 0 Å². The number of ether oxygens (including phenoxy) is 1. The summed E-state index contributed by atoms with van der Waals surface area (Å²) in [5, 5.41) is 0.